The van der Waals surface area contributed by atoms with Gasteiger partial charge in [0, 0.05) is 24.6 Å². The minimum atomic E-state index is 0.634. The summed E-state index contributed by atoms with van der Waals surface area (Å²) in [7, 11) is 0. The molecule has 1 aromatic heterocycles. The number of anilines is 1. The van der Waals surface area contributed by atoms with Gasteiger partial charge in [0.2, 0.25) is 0 Å². The summed E-state index contributed by atoms with van der Waals surface area (Å²) in [6, 6.07) is 22.6. The van der Waals surface area contributed by atoms with Crippen LogP contribution in [0.1, 0.15) is 16.7 Å². The van der Waals surface area contributed by atoms with Crippen molar-refractivity contribution in [2.75, 3.05) is 11.9 Å². The van der Waals surface area contributed by atoms with Gasteiger partial charge in [0.15, 0.2) is 5.96 Å². The highest BCUT2D eigenvalue weighted by atomic mass is 15.2. The SMILES string of the molecule is Cc1ccc(CN=C(NCCc2cccnc2)Nc2ccccc2)cc1. The summed E-state index contributed by atoms with van der Waals surface area (Å²) in [5, 5.41) is 6.78. The van der Waals surface area contributed by atoms with Crippen LogP contribution in [0.25, 0.3) is 0 Å². The van der Waals surface area contributed by atoms with Crippen molar-refractivity contribution >= 4 is 11.6 Å². The maximum absolute atomic E-state index is 4.73. The lowest BCUT2D eigenvalue weighted by Gasteiger charge is -2.13. The van der Waals surface area contributed by atoms with Crippen LogP contribution in [0.15, 0.2) is 84.1 Å². The summed E-state index contributed by atoms with van der Waals surface area (Å²) in [6.07, 6.45) is 4.59. The zero-order valence-electron chi connectivity index (χ0n) is 15.0. The molecular weight excluding hydrogens is 320 g/mol. The minimum Gasteiger partial charge on any atom is -0.356 e. The van der Waals surface area contributed by atoms with E-state index in [2.05, 4.69) is 52.9 Å². The number of nitrogens with zero attached hydrogens (tertiary/aromatic N) is 2. The summed E-state index contributed by atoms with van der Waals surface area (Å²) >= 11 is 0. The van der Waals surface area contributed by atoms with Gasteiger partial charge in [-0.05, 0) is 42.7 Å². The fourth-order valence-electron chi connectivity index (χ4n) is 2.53. The molecule has 2 N–H and O–H groups in total. The normalized spacial score (nSPS) is 11.2. The highest BCUT2D eigenvalue weighted by Gasteiger charge is 2.01. The van der Waals surface area contributed by atoms with Crippen LogP contribution in [-0.2, 0) is 13.0 Å². The van der Waals surface area contributed by atoms with Gasteiger partial charge in [-0.2, -0.15) is 0 Å². The Bertz CT molecular complexity index is 812. The second-order valence-electron chi connectivity index (χ2n) is 6.18. The Labute approximate surface area is 155 Å². The molecule has 0 bridgehead atoms. The van der Waals surface area contributed by atoms with Crippen LogP contribution in [0.3, 0.4) is 0 Å². The zero-order chi connectivity index (χ0) is 18.0. The lowest BCUT2D eigenvalue weighted by Crippen LogP contribution is -2.32. The first-order valence-electron chi connectivity index (χ1n) is 8.84. The molecule has 0 radical (unpaired) electrons. The smallest absolute Gasteiger partial charge is 0.196 e. The summed E-state index contributed by atoms with van der Waals surface area (Å²) in [4.78, 5) is 8.89. The van der Waals surface area contributed by atoms with Gasteiger partial charge in [-0.3, -0.25) is 4.98 Å². The second-order valence-corrected chi connectivity index (χ2v) is 6.18. The van der Waals surface area contributed by atoms with E-state index >= 15 is 0 Å². The van der Waals surface area contributed by atoms with Crippen molar-refractivity contribution in [1.82, 2.24) is 10.3 Å². The number of rotatable bonds is 6. The van der Waals surface area contributed by atoms with Crippen LogP contribution < -0.4 is 10.6 Å². The van der Waals surface area contributed by atoms with Crippen molar-refractivity contribution in [2.24, 2.45) is 4.99 Å². The van der Waals surface area contributed by atoms with E-state index in [0.29, 0.717) is 6.54 Å². The molecule has 0 spiro atoms. The lowest BCUT2D eigenvalue weighted by atomic mass is 10.1. The van der Waals surface area contributed by atoms with Gasteiger partial charge < -0.3 is 10.6 Å². The number of aryl methyl sites for hydroxylation is 1. The third-order valence-corrected chi connectivity index (χ3v) is 4.01. The maximum atomic E-state index is 4.73. The molecular formula is C22H24N4. The average Bonchev–Trinajstić information content (AvgIpc) is 2.69. The number of guanidine groups is 1. The van der Waals surface area contributed by atoms with E-state index in [-0.39, 0.29) is 0 Å². The minimum absolute atomic E-state index is 0.634. The Balaban J connectivity index is 1.64. The fraction of sp³-hybridized carbons (Fsp3) is 0.182. The highest BCUT2D eigenvalue weighted by Crippen LogP contribution is 2.07. The largest absolute Gasteiger partial charge is 0.356 e. The van der Waals surface area contributed by atoms with Crippen LogP contribution in [0.2, 0.25) is 0 Å². The molecule has 0 aliphatic rings. The summed E-state index contributed by atoms with van der Waals surface area (Å²) in [5.41, 5.74) is 4.67. The number of pyridine rings is 1. The lowest BCUT2D eigenvalue weighted by molar-refractivity contribution is 0.849. The highest BCUT2D eigenvalue weighted by molar-refractivity contribution is 5.93. The molecule has 3 aromatic rings. The van der Waals surface area contributed by atoms with E-state index < -0.39 is 0 Å². The van der Waals surface area contributed by atoms with Gasteiger partial charge in [0.05, 0.1) is 6.54 Å². The molecule has 0 aliphatic carbocycles. The Morgan fingerprint density at radius 2 is 1.73 bits per heavy atom. The molecule has 0 amide bonds. The Morgan fingerprint density at radius 3 is 2.46 bits per heavy atom. The Morgan fingerprint density at radius 1 is 0.923 bits per heavy atom. The third kappa shape index (κ3) is 5.74. The van der Waals surface area contributed by atoms with E-state index in [1.54, 1.807) is 6.20 Å². The number of aliphatic imine (C=N–C) groups is 1. The third-order valence-electron chi connectivity index (χ3n) is 4.01. The standard InChI is InChI=1S/C22H24N4/c1-18-9-11-20(12-10-18)17-25-22(26-21-7-3-2-4-8-21)24-15-13-19-6-5-14-23-16-19/h2-12,14,16H,13,15,17H2,1H3,(H2,24,25,26). The average molecular weight is 344 g/mol. The molecule has 0 aliphatic heterocycles. The van der Waals surface area contributed by atoms with Gasteiger partial charge in [-0.1, -0.05) is 54.1 Å². The Hall–Kier alpha value is -3.14. The summed E-state index contributed by atoms with van der Waals surface area (Å²) in [6.45, 7) is 3.52. The molecule has 1 heterocycles. The van der Waals surface area contributed by atoms with E-state index in [9.17, 15) is 0 Å². The molecule has 132 valence electrons. The van der Waals surface area contributed by atoms with Gasteiger partial charge in [-0.25, -0.2) is 4.99 Å². The molecule has 0 saturated heterocycles. The molecule has 0 saturated carbocycles. The van der Waals surface area contributed by atoms with Crippen molar-refractivity contribution in [3.05, 3.63) is 95.8 Å². The maximum Gasteiger partial charge on any atom is 0.196 e. The number of para-hydroxylation sites is 1. The first-order chi connectivity index (χ1) is 12.8. The van der Waals surface area contributed by atoms with E-state index in [0.717, 1.165) is 24.6 Å². The topological polar surface area (TPSA) is 49.3 Å². The second kappa shape index (κ2) is 9.37. The van der Waals surface area contributed by atoms with Gasteiger partial charge in [0.25, 0.3) is 0 Å². The molecule has 4 heteroatoms. The number of hydrogen-bond donors (Lipinski definition) is 2. The molecule has 26 heavy (non-hydrogen) atoms. The first kappa shape index (κ1) is 17.7. The molecule has 0 unspecified atom stereocenters. The van der Waals surface area contributed by atoms with Crippen LogP contribution in [0.4, 0.5) is 5.69 Å². The quantitative estimate of drug-likeness (QED) is 0.521. The zero-order valence-corrected chi connectivity index (χ0v) is 15.0. The van der Waals surface area contributed by atoms with Crippen molar-refractivity contribution in [3.8, 4) is 0 Å². The predicted molar refractivity (Wildman–Crippen MR) is 108 cm³/mol. The Kier molecular flexibility index (Phi) is 6.37. The van der Waals surface area contributed by atoms with Crippen molar-refractivity contribution < 1.29 is 0 Å². The van der Waals surface area contributed by atoms with Crippen LogP contribution in [-0.4, -0.2) is 17.5 Å². The van der Waals surface area contributed by atoms with E-state index in [1.807, 2.05) is 42.6 Å². The van der Waals surface area contributed by atoms with Crippen molar-refractivity contribution in [1.29, 1.82) is 0 Å². The molecule has 4 nitrogen and oxygen atoms in total. The summed E-state index contributed by atoms with van der Waals surface area (Å²) in [5.74, 6) is 0.778. The van der Waals surface area contributed by atoms with Crippen molar-refractivity contribution in [3.63, 3.8) is 0 Å². The number of benzene rings is 2. The predicted octanol–water partition coefficient (Wildman–Crippen LogP) is 4.19. The van der Waals surface area contributed by atoms with Crippen LogP contribution in [0, 0.1) is 6.92 Å². The molecule has 3 rings (SSSR count). The monoisotopic (exact) mass is 344 g/mol. The first-order valence-corrected chi connectivity index (χ1v) is 8.84. The van der Waals surface area contributed by atoms with E-state index in [4.69, 9.17) is 4.99 Å². The molecule has 0 fully saturated rings. The van der Waals surface area contributed by atoms with Gasteiger partial charge in [-0.15, -0.1) is 0 Å². The van der Waals surface area contributed by atoms with Crippen LogP contribution in [0.5, 0.6) is 0 Å². The number of hydrogen-bond acceptors (Lipinski definition) is 2. The molecule has 0 atom stereocenters. The number of aromatic nitrogens is 1. The fourth-order valence-corrected chi connectivity index (χ4v) is 2.53. The van der Waals surface area contributed by atoms with E-state index in [1.165, 1.54) is 16.7 Å². The van der Waals surface area contributed by atoms with Gasteiger partial charge >= 0.3 is 0 Å². The summed E-state index contributed by atoms with van der Waals surface area (Å²) < 4.78 is 0. The van der Waals surface area contributed by atoms with Crippen LogP contribution >= 0.6 is 0 Å². The number of nitrogens with one attached hydrogen (secondary N) is 2. The van der Waals surface area contributed by atoms with Gasteiger partial charge in [0.1, 0.15) is 0 Å². The molecule has 2 aromatic carbocycles. The van der Waals surface area contributed by atoms with Crippen molar-refractivity contribution in [2.45, 2.75) is 19.9 Å².